The van der Waals surface area contributed by atoms with Gasteiger partial charge < -0.3 is 19.4 Å². The van der Waals surface area contributed by atoms with Crippen molar-refractivity contribution in [2.75, 3.05) is 19.5 Å². The zero-order valence-electron chi connectivity index (χ0n) is 16.9. The SMILES string of the molecule is COc1cc(Cl)c(NC(=O)c2sc3nc(C)cc(C)c3c2-n2cccc2)cc1OC. The fraction of sp³-hybridized carbons (Fsp3) is 0.182. The summed E-state index contributed by atoms with van der Waals surface area (Å²) in [6, 6.07) is 9.13. The van der Waals surface area contributed by atoms with E-state index in [1.165, 1.54) is 25.6 Å². The predicted molar refractivity (Wildman–Crippen MR) is 121 cm³/mol. The second kappa shape index (κ2) is 8.01. The number of fused-ring (bicyclic) bond motifs is 1. The molecule has 0 aliphatic heterocycles. The van der Waals surface area contributed by atoms with Gasteiger partial charge in [0.2, 0.25) is 0 Å². The minimum Gasteiger partial charge on any atom is -0.493 e. The Balaban J connectivity index is 1.83. The first-order chi connectivity index (χ1) is 14.4. The van der Waals surface area contributed by atoms with Crippen LogP contribution < -0.4 is 14.8 Å². The number of aryl methyl sites for hydroxylation is 2. The van der Waals surface area contributed by atoms with E-state index in [1.807, 2.05) is 49.0 Å². The van der Waals surface area contributed by atoms with Crippen molar-refractivity contribution in [1.82, 2.24) is 9.55 Å². The van der Waals surface area contributed by atoms with Crippen molar-refractivity contribution in [2.45, 2.75) is 13.8 Å². The van der Waals surface area contributed by atoms with E-state index < -0.39 is 0 Å². The van der Waals surface area contributed by atoms with Crippen LogP contribution >= 0.6 is 22.9 Å². The van der Waals surface area contributed by atoms with E-state index in [-0.39, 0.29) is 5.91 Å². The van der Waals surface area contributed by atoms with Crippen molar-refractivity contribution in [3.63, 3.8) is 0 Å². The number of rotatable bonds is 5. The summed E-state index contributed by atoms with van der Waals surface area (Å²) in [6.45, 7) is 3.98. The lowest BCUT2D eigenvalue weighted by molar-refractivity contribution is 0.103. The summed E-state index contributed by atoms with van der Waals surface area (Å²) in [6.07, 6.45) is 3.84. The first kappa shape index (κ1) is 20.3. The number of halogens is 1. The number of nitrogens with one attached hydrogen (secondary N) is 1. The van der Waals surface area contributed by atoms with Crippen LogP contribution in [0.1, 0.15) is 20.9 Å². The second-order valence-electron chi connectivity index (χ2n) is 6.77. The van der Waals surface area contributed by atoms with Gasteiger partial charge in [0.1, 0.15) is 9.71 Å². The number of pyridine rings is 1. The van der Waals surface area contributed by atoms with Crippen LogP contribution in [-0.4, -0.2) is 29.7 Å². The molecule has 30 heavy (non-hydrogen) atoms. The van der Waals surface area contributed by atoms with Crippen LogP contribution in [-0.2, 0) is 0 Å². The van der Waals surface area contributed by atoms with E-state index in [4.69, 9.17) is 21.1 Å². The Morgan fingerprint density at radius 3 is 2.43 bits per heavy atom. The molecule has 4 aromatic rings. The minimum absolute atomic E-state index is 0.270. The molecule has 0 fully saturated rings. The lowest BCUT2D eigenvalue weighted by Crippen LogP contribution is -2.13. The highest BCUT2D eigenvalue weighted by molar-refractivity contribution is 7.21. The van der Waals surface area contributed by atoms with Gasteiger partial charge in [0.05, 0.1) is 30.6 Å². The lowest BCUT2D eigenvalue weighted by atomic mass is 10.1. The molecule has 0 aliphatic rings. The van der Waals surface area contributed by atoms with E-state index >= 15 is 0 Å². The van der Waals surface area contributed by atoms with Crippen molar-refractivity contribution in [3.05, 3.63) is 63.9 Å². The van der Waals surface area contributed by atoms with Gasteiger partial charge in [-0.1, -0.05) is 11.6 Å². The van der Waals surface area contributed by atoms with Gasteiger partial charge in [-0.2, -0.15) is 0 Å². The molecular formula is C22H20ClN3O3S. The third-order valence-electron chi connectivity index (χ3n) is 4.75. The Kier molecular flexibility index (Phi) is 5.40. The highest BCUT2D eigenvalue weighted by Crippen LogP contribution is 2.39. The number of hydrogen-bond acceptors (Lipinski definition) is 5. The van der Waals surface area contributed by atoms with Gasteiger partial charge in [0, 0.05) is 35.6 Å². The summed E-state index contributed by atoms with van der Waals surface area (Å²) >= 11 is 7.73. The molecule has 8 heteroatoms. The number of ether oxygens (including phenoxy) is 2. The lowest BCUT2D eigenvalue weighted by Gasteiger charge is -2.13. The van der Waals surface area contributed by atoms with Crippen molar-refractivity contribution < 1.29 is 14.3 Å². The highest BCUT2D eigenvalue weighted by atomic mass is 35.5. The Hall–Kier alpha value is -3.03. The summed E-state index contributed by atoms with van der Waals surface area (Å²) in [7, 11) is 3.06. The summed E-state index contributed by atoms with van der Waals surface area (Å²) in [5.41, 5.74) is 3.23. The number of carbonyl (C=O) groups is 1. The normalized spacial score (nSPS) is 11.0. The average molecular weight is 442 g/mol. The van der Waals surface area contributed by atoms with Crippen LogP contribution in [0.25, 0.3) is 15.9 Å². The van der Waals surface area contributed by atoms with Crippen molar-refractivity contribution in [2.24, 2.45) is 0 Å². The fourth-order valence-corrected chi connectivity index (χ4v) is 4.83. The first-order valence-electron chi connectivity index (χ1n) is 9.20. The maximum Gasteiger partial charge on any atom is 0.268 e. The molecule has 3 aromatic heterocycles. The molecule has 0 radical (unpaired) electrons. The van der Waals surface area contributed by atoms with E-state index in [0.29, 0.717) is 27.1 Å². The molecule has 3 heterocycles. The monoisotopic (exact) mass is 441 g/mol. The van der Waals surface area contributed by atoms with E-state index in [1.54, 1.807) is 12.1 Å². The van der Waals surface area contributed by atoms with E-state index in [0.717, 1.165) is 27.2 Å². The summed E-state index contributed by atoms with van der Waals surface area (Å²) < 4.78 is 12.5. The quantitative estimate of drug-likeness (QED) is 0.436. The molecule has 0 saturated heterocycles. The molecule has 0 saturated carbocycles. The Morgan fingerprint density at radius 2 is 1.77 bits per heavy atom. The average Bonchev–Trinajstić information content (AvgIpc) is 3.36. The molecule has 1 aromatic carbocycles. The minimum atomic E-state index is -0.270. The number of benzene rings is 1. The molecule has 0 atom stereocenters. The number of aromatic nitrogens is 2. The van der Waals surface area contributed by atoms with Gasteiger partial charge in [-0.15, -0.1) is 11.3 Å². The fourth-order valence-electron chi connectivity index (χ4n) is 3.44. The maximum atomic E-state index is 13.3. The number of anilines is 1. The highest BCUT2D eigenvalue weighted by Gasteiger charge is 2.23. The maximum absolute atomic E-state index is 13.3. The Morgan fingerprint density at radius 1 is 1.10 bits per heavy atom. The Bertz CT molecular complexity index is 1250. The number of methoxy groups -OCH3 is 2. The largest absolute Gasteiger partial charge is 0.493 e. The first-order valence-corrected chi connectivity index (χ1v) is 10.4. The van der Waals surface area contributed by atoms with Crippen LogP contribution in [0.3, 0.4) is 0 Å². The summed E-state index contributed by atoms with van der Waals surface area (Å²) in [4.78, 5) is 19.3. The predicted octanol–water partition coefficient (Wildman–Crippen LogP) is 5.63. The zero-order valence-corrected chi connectivity index (χ0v) is 18.5. The van der Waals surface area contributed by atoms with Gasteiger partial charge in [-0.25, -0.2) is 4.98 Å². The van der Waals surface area contributed by atoms with Crippen LogP contribution in [0.5, 0.6) is 11.5 Å². The van der Waals surface area contributed by atoms with Crippen molar-refractivity contribution in [3.8, 4) is 17.2 Å². The molecule has 6 nitrogen and oxygen atoms in total. The molecule has 154 valence electrons. The van der Waals surface area contributed by atoms with E-state index in [2.05, 4.69) is 10.3 Å². The number of thiophene rings is 1. The van der Waals surface area contributed by atoms with Crippen molar-refractivity contribution >= 4 is 44.7 Å². The van der Waals surface area contributed by atoms with Crippen LogP contribution in [0.2, 0.25) is 5.02 Å². The number of amides is 1. The third kappa shape index (κ3) is 3.51. The van der Waals surface area contributed by atoms with Crippen LogP contribution in [0.4, 0.5) is 5.69 Å². The molecule has 1 N–H and O–H groups in total. The van der Waals surface area contributed by atoms with Crippen LogP contribution in [0.15, 0.2) is 42.7 Å². The summed E-state index contributed by atoms with van der Waals surface area (Å²) in [5.74, 6) is 0.700. The van der Waals surface area contributed by atoms with Gasteiger partial charge in [0.15, 0.2) is 11.5 Å². The number of nitrogens with zero attached hydrogens (tertiary/aromatic N) is 2. The molecular weight excluding hydrogens is 422 g/mol. The standard InChI is InChI=1S/C22H20ClN3O3S/c1-12-9-13(2)24-22-18(12)19(26-7-5-6-8-26)20(30-22)21(27)25-15-11-17(29-4)16(28-3)10-14(15)23/h5-11H,1-4H3,(H,25,27). The molecule has 0 spiro atoms. The van der Waals surface area contributed by atoms with Crippen LogP contribution in [0, 0.1) is 13.8 Å². The van der Waals surface area contributed by atoms with Gasteiger partial charge in [-0.05, 0) is 37.6 Å². The summed E-state index contributed by atoms with van der Waals surface area (Å²) in [5, 5.41) is 4.23. The molecule has 1 amide bonds. The van der Waals surface area contributed by atoms with Gasteiger partial charge in [-0.3, -0.25) is 4.79 Å². The number of carbonyl (C=O) groups excluding carboxylic acids is 1. The van der Waals surface area contributed by atoms with Gasteiger partial charge >= 0.3 is 0 Å². The van der Waals surface area contributed by atoms with Crippen molar-refractivity contribution in [1.29, 1.82) is 0 Å². The topological polar surface area (TPSA) is 65.4 Å². The molecule has 0 aliphatic carbocycles. The molecule has 0 unspecified atom stereocenters. The van der Waals surface area contributed by atoms with Gasteiger partial charge in [0.25, 0.3) is 5.91 Å². The van der Waals surface area contributed by atoms with E-state index in [9.17, 15) is 4.79 Å². The smallest absolute Gasteiger partial charge is 0.268 e. The molecule has 4 rings (SSSR count). The third-order valence-corrected chi connectivity index (χ3v) is 6.14. The molecule has 0 bridgehead atoms. The number of hydrogen-bond donors (Lipinski definition) is 1. The zero-order chi connectivity index (χ0) is 21.4. The Labute approximate surface area is 183 Å². The second-order valence-corrected chi connectivity index (χ2v) is 8.18.